The number of H-pyrrole nitrogens is 1. The van der Waals surface area contributed by atoms with Crippen molar-refractivity contribution in [2.75, 3.05) is 11.2 Å². The molecule has 1 aromatic heterocycles. The van der Waals surface area contributed by atoms with Crippen LogP contribution in [-0.2, 0) is 6.42 Å². The number of nitrogens with one attached hydrogen (secondary N) is 2. The second-order valence-electron chi connectivity index (χ2n) is 4.13. The lowest BCUT2D eigenvalue weighted by molar-refractivity contribution is 0.469. The van der Waals surface area contributed by atoms with Gasteiger partial charge < -0.3 is 5.11 Å². The molecule has 0 radical (unpaired) electrons. The number of phenols is 1. The van der Waals surface area contributed by atoms with Gasteiger partial charge in [0.25, 0.3) is 0 Å². The van der Waals surface area contributed by atoms with E-state index in [0.717, 1.165) is 5.56 Å². The van der Waals surface area contributed by atoms with E-state index in [-0.39, 0.29) is 11.5 Å². The van der Waals surface area contributed by atoms with Gasteiger partial charge in [-0.15, -0.1) is 11.7 Å². The standard InChI is InChI=1S/C14H14N6OS/c1-2-4-10-5-3-6-11(12(10)21)9-16-18-13-17-14(20-19-13)22-8-7-15/h2-3,5-6,9,21H,1,4,8H2,(H2,17,18,19,20)/b16-9-. The van der Waals surface area contributed by atoms with Gasteiger partial charge in [-0.25, -0.2) is 10.5 Å². The Morgan fingerprint density at radius 3 is 3.18 bits per heavy atom. The normalized spacial score (nSPS) is 10.5. The van der Waals surface area contributed by atoms with Gasteiger partial charge in [-0.3, -0.25) is 0 Å². The first-order valence-corrected chi connectivity index (χ1v) is 7.36. The zero-order valence-corrected chi connectivity index (χ0v) is 12.5. The zero-order valence-electron chi connectivity index (χ0n) is 11.7. The van der Waals surface area contributed by atoms with E-state index in [4.69, 9.17) is 5.26 Å². The average Bonchev–Trinajstić information content (AvgIpc) is 2.97. The molecule has 112 valence electrons. The maximum atomic E-state index is 10.1. The van der Waals surface area contributed by atoms with E-state index in [1.165, 1.54) is 18.0 Å². The first-order valence-electron chi connectivity index (χ1n) is 6.37. The molecule has 0 saturated carbocycles. The largest absolute Gasteiger partial charge is 0.507 e. The predicted octanol–water partition coefficient (Wildman–Crippen LogP) is 2.30. The molecular weight excluding hydrogens is 300 g/mol. The minimum atomic E-state index is 0.177. The first-order chi connectivity index (χ1) is 10.7. The molecule has 0 fully saturated rings. The number of nitriles is 1. The number of para-hydroxylation sites is 1. The highest BCUT2D eigenvalue weighted by molar-refractivity contribution is 7.99. The van der Waals surface area contributed by atoms with Crippen molar-refractivity contribution in [1.82, 2.24) is 15.2 Å². The second kappa shape index (κ2) is 7.85. The number of anilines is 1. The van der Waals surface area contributed by atoms with E-state index < -0.39 is 0 Å². The van der Waals surface area contributed by atoms with Crippen LogP contribution < -0.4 is 5.43 Å². The van der Waals surface area contributed by atoms with E-state index in [1.807, 2.05) is 18.2 Å². The van der Waals surface area contributed by atoms with Gasteiger partial charge in [0.05, 0.1) is 18.0 Å². The lowest BCUT2D eigenvalue weighted by atomic mass is 10.1. The number of benzene rings is 1. The van der Waals surface area contributed by atoms with Gasteiger partial charge >= 0.3 is 0 Å². The quantitative estimate of drug-likeness (QED) is 0.313. The number of hydrogen-bond donors (Lipinski definition) is 3. The topological polar surface area (TPSA) is 110 Å². The van der Waals surface area contributed by atoms with Crippen molar-refractivity contribution in [3.63, 3.8) is 0 Å². The summed E-state index contributed by atoms with van der Waals surface area (Å²) < 4.78 is 0. The molecule has 0 atom stereocenters. The van der Waals surface area contributed by atoms with E-state index >= 15 is 0 Å². The molecule has 1 aromatic carbocycles. The van der Waals surface area contributed by atoms with Gasteiger partial charge in [-0.2, -0.15) is 15.3 Å². The number of allylic oxidation sites excluding steroid dienone is 1. The molecule has 0 aliphatic rings. The van der Waals surface area contributed by atoms with Crippen molar-refractivity contribution in [1.29, 1.82) is 5.26 Å². The zero-order chi connectivity index (χ0) is 15.8. The summed E-state index contributed by atoms with van der Waals surface area (Å²) in [4.78, 5) is 4.09. The molecule has 2 rings (SSSR count). The number of aromatic nitrogens is 3. The van der Waals surface area contributed by atoms with Crippen molar-refractivity contribution in [3.8, 4) is 11.8 Å². The lowest BCUT2D eigenvalue weighted by Crippen LogP contribution is -1.94. The molecule has 0 bridgehead atoms. The molecule has 0 aliphatic carbocycles. The molecule has 8 heteroatoms. The summed E-state index contributed by atoms with van der Waals surface area (Å²) >= 11 is 1.23. The summed E-state index contributed by atoms with van der Waals surface area (Å²) in [6, 6.07) is 7.42. The Balaban J connectivity index is 2.00. The number of hydrazone groups is 1. The Labute approximate surface area is 131 Å². The number of aromatic amines is 1. The van der Waals surface area contributed by atoms with Crippen LogP contribution in [-0.4, -0.2) is 32.3 Å². The fourth-order valence-corrected chi connectivity index (χ4v) is 2.12. The number of rotatable bonds is 7. The predicted molar refractivity (Wildman–Crippen MR) is 85.9 cm³/mol. The van der Waals surface area contributed by atoms with Crippen molar-refractivity contribution >= 4 is 23.9 Å². The van der Waals surface area contributed by atoms with Crippen LogP contribution >= 0.6 is 11.8 Å². The van der Waals surface area contributed by atoms with Crippen LogP contribution in [0.25, 0.3) is 0 Å². The molecule has 0 aliphatic heterocycles. The van der Waals surface area contributed by atoms with Crippen LogP contribution in [0, 0.1) is 11.3 Å². The molecular formula is C14H14N6OS. The molecule has 7 nitrogen and oxygen atoms in total. The van der Waals surface area contributed by atoms with Crippen molar-refractivity contribution in [3.05, 3.63) is 42.0 Å². The smallest absolute Gasteiger partial charge is 0.240 e. The van der Waals surface area contributed by atoms with E-state index in [9.17, 15) is 5.11 Å². The van der Waals surface area contributed by atoms with Crippen LogP contribution in [0.15, 0.2) is 41.1 Å². The van der Waals surface area contributed by atoms with Crippen LogP contribution in [0.5, 0.6) is 5.75 Å². The minimum absolute atomic E-state index is 0.177. The van der Waals surface area contributed by atoms with Gasteiger partial charge in [-0.1, -0.05) is 30.0 Å². The Morgan fingerprint density at radius 1 is 1.55 bits per heavy atom. The summed E-state index contributed by atoms with van der Waals surface area (Å²) in [6.07, 6.45) is 3.80. The third kappa shape index (κ3) is 4.10. The monoisotopic (exact) mass is 314 g/mol. The van der Waals surface area contributed by atoms with Crippen LogP contribution in [0.2, 0.25) is 0 Å². The maximum absolute atomic E-state index is 10.1. The Bertz CT molecular complexity index is 718. The second-order valence-corrected chi connectivity index (χ2v) is 5.07. The third-order valence-corrected chi connectivity index (χ3v) is 3.33. The van der Waals surface area contributed by atoms with Crippen molar-refractivity contribution in [2.24, 2.45) is 5.10 Å². The summed E-state index contributed by atoms with van der Waals surface area (Å²) in [6.45, 7) is 3.65. The fourth-order valence-electron chi connectivity index (χ4n) is 1.66. The molecule has 1 heterocycles. The minimum Gasteiger partial charge on any atom is -0.507 e. The Kier molecular flexibility index (Phi) is 5.57. The number of nitrogens with zero attached hydrogens (tertiary/aromatic N) is 4. The molecule has 0 saturated heterocycles. The van der Waals surface area contributed by atoms with Crippen LogP contribution in [0.3, 0.4) is 0 Å². The van der Waals surface area contributed by atoms with Crippen molar-refractivity contribution in [2.45, 2.75) is 11.6 Å². The number of hydrogen-bond acceptors (Lipinski definition) is 7. The highest BCUT2D eigenvalue weighted by Crippen LogP contribution is 2.21. The summed E-state index contributed by atoms with van der Waals surface area (Å²) in [5.74, 6) is 0.819. The highest BCUT2D eigenvalue weighted by atomic mass is 32.2. The summed E-state index contributed by atoms with van der Waals surface area (Å²) in [5, 5.41) is 29.6. The Hall–Kier alpha value is -2.79. The Morgan fingerprint density at radius 2 is 2.41 bits per heavy atom. The first kappa shape index (κ1) is 15.6. The molecule has 22 heavy (non-hydrogen) atoms. The maximum Gasteiger partial charge on any atom is 0.240 e. The molecule has 3 N–H and O–H groups in total. The fraction of sp³-hybridized carbons (Fsp3) is 0.143. The van der Waals surface area contributed by atoms with Gasteiger partial charge in [0.15, 0.2) is 0 Å². The number of aromatic hydroxyl groups is 1. The lowest BCUT2D eigenvalue weighted by Gasteiger charge is -2.04. The van der Waals surface area contributed by atoms with Gasteiger partial charge in [0, 0.05) is 5.56 Å². The van der Waals surface area contributed by atoms with E-state index in [2.05, 4.69) is 32.3 Å². The third-order valence-electron chi connectivity index (χ3n) is 2.62. The highest BCUT2D eigenvalue weighted by Gasteiger charge is 2.04. The molecule has 0 amide bonds. The van der Waals surface area contributed by atoms with Crippen LogP contribution in [0.1, 0.15) is 11.1 Å². The number of thioether (sulfide) groups is 1. The van der Waals surface area contributed by atoms with E-state index in [0.29, 0.717) is 23.1 Å². The number of phenolic OH excluding ortho intramolecular Hbond substituents is 1. The van der Waals surface area contributed by atoms with Gasteiger partial charge in [0.2, 0.25) is 11.1 Å². The van der Waals surface area contributed by atoms with Crippen LogP contribution in [0.4, 0.5) is 5.95 Å². The summed E-state index contributed by atoms with van der Waals surface area (Å²) in [5.41, 5.74) is 4.06. The molecule has 0 spiro atoms. The average molecular weight is 314 g/mol. The van der Waals surface area contributed by atoms with Crippen molar-refractivity contribution < 1.29 is 5.11 Å². The van der Waals surface area contributed by atoms with Gasteiger partial charge in [0.1, 0.15) is 5.75 Å². The molecule has 0 unspecified atom stereocenters. The molecule has 2 aromatic rings. The van der Waals surface area contributed by atoms with Gasteiger partial charge in [-0.05, 0) is 18.1 Å². The van der Waals surface area contributed by atoms with E-state index in [1.54, 1.807) is 12.1 Å². The summed E-state index contributed by atoms with van der Waals surface area (Å²) in [7, 11) is 0. The SMILES string of the molecule is C=CCc1cccc(/C=N\Nc2nc(SCC#N)n[nH]2)c1O.